The van der Waals surface area contributed by atoms with Crippen LogP contribution < -0.4 is 0 Å². The molecule has 0 spiro atoms. The van der Waals surface area contributed by atoms with Crippen LogP contribution in [0.1, 0.15) is 10.6 Å². The summed E-state index contributed by atoms with van der Waals surface area (Å²) in [4.78, 5) is 13.6. The first-order chi connectivity index (χ1) is 8.74. The minimum absolute atomic E-state index is 0.265. The van der Waals surface area contributed by atoms with E-state index in [4.69, 9.17) is 4.42 Å². The van der Waals surface area contributed by atoms with Gasteiger partial charge in [0.25, 0.3) is 0 Å². The van der Waals surface area contributed by atoms with Crippen LogP contribution in [0.15, 0.2) is 50.9 Å². The molecule has 0 aliphatic rings. The van der Waals surface area contributed by atoms with E-state index >= 15 is 0 Å². The Kier molecular flexibility index (Phi) is 2.68. The lowest BCUT2D eigenvalue weighted by molar-refractivity contribution is 0.109. The van der Waals surface area contributed by atoms with Gasteiger partial charge in [0.2, 0.25) is 0 Å². The molecule has 90 valence electrons. The number of halogens is 1. The number of aldehydes is 1. The van der Waals surface area contributed by atoms with Gasteiger partial charge in [-0.05, 0) is 48.2 Å². The molecule has 3 rings (SSSR count). The van der Waals surface area contributed by atoms with Crippen molar-refractivity contribution in [1.82, 2.24) is 4.98 Å². The van der Waals surface area contributed by atoms with Crippen LogP contribution in [0.25, 0.3) is 10.9 Å². The highest BCUT2D eigenvalue weighted by Gasteiger charge is 2.07. The maximum Gasteiger partial charge on any atom is 0.185 e. The molecule has 2 heterocycles. The summed E-state index contributed by atoms with van der Waals surface area (Å²) in [5.74, 6) is 0.0268. The zero-order chi connectivity index (χ0) is 12.5. The third kappa shape index (κ3) is 2.04. The maximum atomic E-state index is 13.0. The number of H-pyrrole nitrogens is 1. The number of nitrogens with one attached hydrogen (secondary N) is 1. The van der Waals surface area contributed by atoms with E-state index in [9.17, 15) is 9.18 Å². The number of fused-ring (bicyclic) bond motifs is 1. The van der Waals surface area contributed by atoms with Crippen LogP contribution >= 0.6 is 11.8 Å². The average molecular weight is 261 g/mol. The van der Waals surface area contributed by atoms with Crippen molar-refractivity contribution in [2.45, 2.75) is 10.1 Å². The summed E-state index contributed by atoms with van der Waals surface area (Å²) in [6, 6.07) is 9.73. The second-order valence-electron chi connectivity index (χ2n) is 3.74. The summed E-state index contributed by atoms with van der Waals surface area (Å²) in [5.41, 5.74) is 0.862. The highest BCUT2D eigenvalue weighted by atomic mass is 32.2. The van der Waals surface area contributed by atoms with Crippen LogP contribution in [0.5, 0.6) is 0 Å². The fraction of sp³-hybridized carbons (Fsp3) is 0. The molecule has 1 aromatic carbocycles. The Morgan fingerprint density at radius 2 is 2.11 bits per heavy atom. The fourth-order valence-corrected chi connectivity index (χ4v) is 2.53. The Bertz CT molecular complexity index is 717. The molecule has 0 unspecified atom stereocenters. The molecule has 0 amide bonds. The Morgan fingerprint density at radius 3 is 2.89 bits per heavy atom. The highest BCUT2D eigenvalue weighted by Crippen LogP contribution is 2.30. The van der Waals surface area contributed by atoms with Gasteiger partial charge in [-0.1, -0.05) is 0 Å². The molecular weight excluding hydrogens is 253 g/mol. The highest BCUT2D eigenvalue weighted by molar-refractivity contribution is 7.99. The van der Waals surface area contributed by atoms with Gasteiger partial charge >= 0.3 is 0 Å². The number of rotatable bonds is 3. The Balaban J connectivity index is 1.92. The average Bonchev–Trinajstić information content (AvgIpc) is 2.95. The normalized spacial score (nSPS) is 10.9. The second kappa shape index (κ2) is 4.34. The molecule has 1 N–H and O–H groups in total. The first-order valence-corrected chi connectivity index (χ1v) is 6.07. The number of aromatic nitrogens is 1. The zero-order valence-electron chi connectivity index (χ0n) is 9.14. The quantitative estimate of drug-likeness (QED) is 0.728. The Morgan fingerprint density at radius 1 is 1.22 bits per heavy atom. The van der Waals surface area contributed by atoms with Crippen molar-refractivity contribution in [2.75, 3.05) is 0 Å². The van der Waals surface area contributed by atoms with Gasteiger partial charge in [0.15, 0.2) is 17.1 Å². The third-order valence-corrected chi connectivity index (χ3v) is 3.35. The van der Waals surface area contributed by atoms with E-state index in [2.05, 4.69) is 4.98 Å². The number of carbonyl (C=O) groups excluding carboxylic acids is 1. The number of furan rings is 1. The van der Waals surface area contributed by atoms with Crippen molar-refractivity contribution < 1.29 is 13.6 Å². The van der Waals surface area contributed by atoms with Gasteiger partial charge in [-0.15, -0.1) is 0 Å². The fourth-order valence-electron chi connectivity index (χ4n) is 1.69. The first-order valence-electron chi connectivity index (χ1n) is 5.26. The summed E-state index contributed by atoms with van der Waals surface area (Å²) in [7, 11) is 0. The van der Waals surface area contributed by atoms with Crippen molar-refractivity contribution in [3.63, 3.8) is 0 Å². The standard InChI is InChI=1S/C13H8FNO2S/c14-9-1-3-11-8(5-9)6-12(15-11)18-13-4-2-10(7-16)17-13/h1-7,15H. The van der Waals surface area contributed by atoms with Gasteiger partial charge < -0.3 is 9.40 Å². The van der Waals surface area contributed by atoms with Crippen molar-refractivity contribution in [3.8, 4) is 0 Å². The molecule has 0 radical (unpaired) electrons. The van der Waals surface area contributed by atoms with Crippen molar-refractivity contribution >= 4 is 29.0 Å². The minimum Gasteiger partial charge on any atom is -0.447 e. The van der Waals surface area contributed by atoms with E-state index in [1.54, 1.807) is 18.2 Å². The van der Waals surface area contributed by atoms with Crippen molar-refractivity contribution in [1.29, 1.82) is 0 Å². The van der Waals surface area contributed by atoms with Crippen LogP contribution in [0.3, 0.4) is 0 Å². The minimum atomic E-state index is -0.265. The number of aromatic amines is 1. The van der Waals surface area contributed by atoms with E-state index in [1.807, 2.05) is 6.07 Å². The molecule has 0 saturated heterocycles. The molecule has 2 aromatic heterocycles. The monoisotopic (exact) mass is 261 g/mol. The van der Waals surface area contributed by atoms with Crippen LogP contribution in [0.2, 0.25) is 0 Å². The topological polar surface area (TPSA) is 46.0 Å². The molecule has 0 bridgehead atoms. The molecule has 0 aliphatic carbocycles. The molecule has 3 nitrogen and oxygen atoms in total. The SMILES string of the molecule is O=Cc1ccc(Sc2cc3cc(F)ccc3[nH]2)o1. The predicted molar refractivity (Wildman–Crippen MR) is 66.5 cm³/mol. The molecule has 0 atom stereocenters. The molecule has 0 fully saturated rings. The smallest absolute Gasteiger partial charge is 0.185 e. The number of hydrogen-bond acceptors (Lipinski definition) is 3. The lowest BCUT2D eigenvalue weighted by Crippen LogP contribution is -1.72. The molecule has 0 saturated carbocycles. The first kappa shape index (κ1) is 11.1. The van der Waals surface area contributed by atoms with Crippen LogP contribution in [0.4, 0.5) is 4.39 Å². The summed E-state index contributed by atoms with van der Waals surface area (Å²) in [5, 5.41) is 2.26. The summed E-state index contributed by atoms with van der Waals surface area (Å²) < 4.78 is 18.3. The molecular formula is C13H8FNO2S. The van der Waals surface area contributed by atoms with E-state index in [0.717, 1.165) is 15.9 Å². The Hall–Kier alpha value is -2.01. The van der Waals surface area contributed by atoms with Crippen LogP contribution in [-0.2, 0) is 0 Å². The van der Waals surface area contributed by atoms with Crippen molar-refractivity contribution in [3.05, 3.63) is 48.0 Å². The summed E-state index contributed by atoms with van der Waals surface area (Å²) in [6.45, 7) is 0. The lowest BCUT2D eigenvalue weighted by Gasteiger charge is -1.91. The van der Waals surface area contributed by atoms with Gasteiger partial charge in [0.1, 0.15) is 5.82 Å². The van der Waals surface area contributed by atoms with E-state index in [-0.39, 0.29) is 5.82 Å². The van der Waals surface area contributed by atoms with E-state index < -0.39 is 0 Å². The van der Waals surface area contributed by atoms with Gasteiger partial charge in [-0.2, -0.15) is 0 Å². The summed E-state index contributed by atoms with van der Waals surface area (Å²) >= 11 is 1.35. The number of carbonyl (C=O) groups is 1. The molecule has 3 aromatic rings. The van der Waals surface area contributed by atoms with Crippen molar-refractivity contribution in [2.24, 2.45) is 0 Å². The van der Waals surface area contributed by atoms with Gasteiger partial charge in [0, 0.05) is 10.9 Å². The van der Waals surface area contributed by atoms with Gasteiger partial charge in [-0.25, -0.2) is 4.39 Å². The van der Waals surface area contributed by atoms with Gasteiger partial charge in [0.05, 0.1) is 5.03 Å². The largest absolute Gasteiger partial charge is 0.447 e. The second-order valence-corrected chi connectivity index (χ2v) is 4.79. The maximum absolute atomic E-state index is 13.0. The molecule has 5 heteroatoms. The lowest BCUT2D eigenvalue weighted by atomic mass is 10.2. The molecule has 0 aliphatic heterocycles. The van der Waals surface area contributed by atoms with Gasteiger partial charge in [-0.3, -0.25) is 4.79 Å². The summed E-state index contributed by atoms with van der Waals surface area (Å²) in [6.07, 6.45) is 0.657. The number of hydrogen-bond donors (Lipinski definition) is 1. The zero-order valence-corrected chi connectivity index (χ0v) is 9.96. The molecule has 18 heavy (non-hydrogen) atoms. The van der Waals surface area contributed by atoms with Crippen LogP contribution in [-0.4, -0.2) is 11.3 Å². The van der Waals surface area contributed by atoms with Crippen LogP contribution in [0, 0.1) is 5.82 Å². The van der Waals surface area contributed by atoms with E-state index in [1.165, 1.54) is 23.9 Å². The third-order valence-electron chi connectivity index (χ3n) is 2.49. The Labute approximate surface area is 106 Å². The predicted octanol–water partition coefficient (Wildman–Crippen LogP) is 3.86. The number of benzene rings is 1. The van der Waals surface area contributed by atoms with E-state index in [0.29, 0.717) is 17.1 Å².